The molecule has 0 aliphatic carbocycles. The number of rotatable bonds is 5. The molecule has 3 heterocycles. The predicted octanol–water partition coefficient (Wildman–Crippen LogP) is 3.73. The molecule has 0 N–H and O–H groups in total. The highest BCUT2D eigenvalue weighted by atomic mass is 32.1. The van der Waals surface area contributed by atoms with Crippen LogP contribution in [0.3, 0.4) is 0 Å². The molecule has 1 aromatic heterocycles. The Morgan fingerprint density at radius 3 is 2.52 bits per heavy atom. The average Bonchev–Trinajstić information content (AvgIpc) is 3.16. The van der Waals surface area contributed by atoms with Gasteiger partial charge >= 0.3 is 0 Å². The quantitative estimate of drug-likeness (QED) is 0.739. The molecule has 0 saturated carbocycles. The van der Waals surface area contributed by atoms with Gasteiger partial charge in [-0.1, -0.05) is 12.1 Å². The lowest BCUT2D eigenvalue weighted by molar-refractivity contribution is -0.131. The lowest BCUT2D eigenvalue weighted by Gasteiger charge is -2.39. The van der Waals surface area contributed by atoms with E-state index in [4.69, 9.17) is 0 Å². The van der Waals surface area contributed by atoms with Crippen molar-refractivity contribution < 1.29 is 13.6 Å². The van der Waals surface area contributed by atoms with Gasteiger partial charge in [-0.15, -0.1) is 11.3 Å². The molecule has 7 heteroatoms. The van der Waals surface area contributed by atoms with Crippen molar-refractivity contribution in [3.63, 3.8) is 0 Å². The molecule has 2 aromatic rings. The summed E-state index contributed by atoms with van der Waals surface area (Å²) in [7, 11) is 0. The van der Waals surface area contributed by atoms with E-state index in [1.165, 1.54) is 10.9 Å². The first kappa shape index (κ1) is 20.4. The van der Waals surface area contributed by atoms with E-state index in [1.54, 1.807) is 11.0 Å². The Labute approximate surface area is 174 Å². The van der Waals surface area contributed by atoms with Crippen molar-refractivity contribution >= 4 is 17.2 Å². The number of carbonyl (C=O) groups excluding carboxylic acids is 1. The number of hydrogen-bond donors (Lipinski definition) is 0. The fourth-order valence-corrected chi connectivity index (χ4v) is 5.07. The molecule has 1 aromatic carbocycles. The summed E-state index contributed by atoms with van der Waals surface area (Å²) in [6, 6.07) is 8.59. The molecule has 1 amide bonds. The normalized spacial score (nSPS) is 22.1. The molecule has 0 spiro atoms. The molecular formula is C22H27F2N3OS. The Hall–Kier alpha value is -1.83. The summed E-state index contributed by atoms with van der Waals surface area (Å²) in [5.41, 5.74) is 0.637. The topological polar surface area (TPSA) is 26.8 Å². The van der Waals surface area contributed by atoms with Crippen LogP contribution in [0.5, 0.6) is 0 Å². The summed E-state index contributed by atoms with van der Waals surface area (Å²) in [6.45, 7) is 6.22. The van der Waals surface area contributed by atoms with Crippen LogP contribution in [0.15, 0.2) is 35.7 Å². The van der Waals surface area contributed by atoms with Crippen molar-refractivity contribution in [1.29, 1.82) is 0 Å². The van der Waals surface area contributed by atoms with E-state index in [2.05, 4.69) is 27.3 Å². The number of carbonyl (C=O) groups is 1. The molecule has 1 atom stereocenters. The van der Waals surface area contributed by atoms with Crippen LogP contribution in [-0.4, -0.2) is 59.4 Å². The highest BCUT2D eigenvalue weighted by Gasteiger charge is 2.28. The molecule has 2 saturated heterocycles. The minimum atomic E-state index is -0.858. The van der Waals surface area contributed by atoms with Gasteiger partial charge in [0.2, 0.25) is 5.91 Å². The SMILES string of the molecule is O=C1CCC(N2CCN(Cc3cccs3)CC2)CCN1Cc1ccc(F)c(F)c1. The van der Waals surface area contributed by atoms with E-state index in [1.807, 2.05) is 11.3 Å². The van der Waals surface area contributed by atoms with Crippen LogP contribution < -0.4 is 0 Å². The maximum absolute atomic E-state index is 13.5. The molecule has 4 nitrogen and oxygen atoms in total. The van der Waals surface area contributed by atoms with E-state index >= 15 is 0 Å². The molecule has 156 valence electrons. The monoisotopic (exact) mass is 419 g/mol. The zero-order chi connectivity index (χ0) is 20.2. The molecule has 2 aliphatic heterocycles. The first-order valence-corrected chi connectivity index (χ1v) is 11.2. The van der Waals surface area contributed by atoms with Gasteiger partial charge in [-0.05, 0) is 42.0 Å². The maximum atomic E-state index is 13.5. The zero-order valence-corrected chi connectivity index (χ0v) is 17.3. The second-order valence-corrected chi connectivity index (χ2v) is 8.97. The molecule has 2 aliphatic rings. The Bertz CT molecular complexity index is 821. The van der Waals surface area contributed by atoms with Crippen molar-refractivity contribution in [3.8, 4) is 0 Å². The summed E-state index contributed by atoms with van der Waals surface area (Å²) in [5.74, 6) is -1.61. The van der Waals surface area contributed by atoms with E-state index in [0.29, 0.717) is 31.1 Å². The number of hydrogen-bond acceptors (Lipinski definition) is 4. The van der Waals surface area contributed by atoms with Gasteiger partial charge in [0.25, 0.3) is 0 Å². The van der Waals surface area contributed by atoms with Crippen molar-refractivity contribution in [1.82, 2.24) is 14.7 Å². The molecule has 0 bridgehead atoms. The number of benzene rings is 1. The number of nitrogens with zero attached hydrogens (tertiary/aromatic N) is 3. The highest BCUT2D eigenvalue weighted by molar-refractivity contribution is 7.09. The van der Waals surface area contributed by atoms with E-state index in [9.17, 15) is 13.6 Å². The third-order valence-electron chi connectivity index (χ3n) is 6.02. The maximum Gasteiger partial charge on any atom is 0.222 e. The van der Waals surface area contributed by atoms with Gasteiger partial charge in [0.1, 0.15) is 0 Å². The number of piperazine rings is 1. The van der Waals surface area contributed by atoms with Gasteiger partial charge < -0.3 is 4.90 Å². The van der Waals surface area contributed by atoms with E-state index in [0.717, 1.165) is 51.6 Å². The number of halogens is 2. The number of likely N-dealkylation sites (tertiary alicyclic amines) is 1. The Kier molecular flexibility index (Phi) is 6.57. The lowest BCUT2D eigenvalue weighted by atomic mass is 10.1. The van der Waals surface area contributed by atoms with Gasteiger partial charge in [-0.2, -0.15) is 0 Å². The van der Waals surface area contributed by atoms with Crippen molar-refractivity contribution in [2.75, 3.05) is 32.7 Å². The summed E-state index contributed by atoms with van der Waals surface area (Å²) in [5, 5.41) is 2.13. The molecule has 29 heavy (non-hydrogen) atoms. The van der Waals surface area contributed by atoms with Crippen LogP contribution in [0.2, 0.25) is 0 Å². The zero-order valence-electron chi connectivity index (χ0n) is 16.5. The fourth-order valence-electron chi connectivity index (χ4n) is 4.32. The molecule has 0 radical (unpaired) electrons. The van der Waals surface area contributed by atoms with Gasteiger partial charge in [-0.25, -0.2) is 8.78 Å². The molecule has 1 unspecified atom stereocenters. The minimum absolute atomic E-state index is 0.105. The average molecular weight is 420 g/mol. The summed E-state index contributed by atoms with van der Waals surface area (Å²) in [4.78, 5) is 20.8. The lowest BCUT2D eigenvalue weighted by Crippen LogP contribution is -2.50. The standard InChI is InChI=1S/C22H27F2N3OS/c23-20-5-3-17(14-21(20)24)15-27-8-7-18(4-6-22(27)28)26-11-9-25(10-12-26)16-19-2-1-13-29-19/h1-3,5,13-14,18H,4,6-12,15-16H2. The molecule has 4 rings (SSSR count). The fraction of sp³-hybridized carbons (Fsp3) is 0.500. The van der Waals surface area contributed by atoms with E-state index < -0.39 is 11.6 Å². The van der Waals surface area contributed by atoms with Crippen LogP contribution in [-0.2, 0) is 17.9 Å². The molecular weight excluding hydrogens is 392 g/mol. The first-order chi connectivity index (χ1) is 14.1. The largest absolute Gasteiger partial charge is 0.338 e. The van der Waals surface area contributed by atoms with Crippen LogP contribution in [0.1, 0.15) is 29.7 Å². The third-order valence-corrected chi connectivity index (χ3v) is 6.88. The third kappa shape index (κ3) is 5.21. The smallest absolute Gasteiger partial charge is 0.222 e. The Morgan fingerprint density at radius 2 is 1.79 bits per heavy atom. The number of thiophene rings is 1. The van der Waals surface area contributed by atoms with Crippen molar-refractivity contribution in [2.45, 2.75) is 38.4 Å². The van der Waals surface area contributed by atoms with Crippen molar-refractivity contribution in [2.24, 2.45) is 0 Å². The van der Waals surface area contributed by atoms with Crippen molar-refractivity contribution in [3.05, 3.63) is 57.8 Å². The van der Waals surface area contributed by atoms with Gasteiger partial charge in [0, 0.05) is 63.2 Å². The summed E-state index contributed by atoms with van der Waals surface area (Å²) >= 11 is 1.81. The Balaban J connectivity index is 1.29. The van der Waals surface area contributed by atoms with Gasteiger partial charge in [-0.3, -0.25) is 14.6 Å². The van der Waals surface area contributed by atoms with Crippen LogP contribution >= 0.6 is 11.3 Å². The van der Waals surface area contributed by atoms with Crippen LogP contribution in [0, 0.1) is 11.6 Å². The minimum Gasteiger partial charge on any atom is -0.338 e. The van der Waals surface area contributed by atoms with Crippen LogP contribution in [0.4, 0.5) is 8.78 Å². The summed E-state index contributed by atoms with van der Waals surface area (Å²) in [6.07, 6.45) is 2.32. The Morgan fingerprint density at radius 1 is 0.966 bits per heavy atom. The summed E-state index contributed by atoms with van der Waals surface area (Å²) < 4.78 is 26.6. The number of amides is 1. The second-order valence-electron chi connectivity index (χ2n) is 7.94. The predicted molar refractivity (Wildman–Crippen MR) is 111 cm³/mol. The first-order valence-electron chi connectivity index (χ1n) is 10.3. The second kappa shape index (κ2) is 9.32. The van der Waals surface area contributed by atoms with Crippen LogP contribution in [0.25, 0.3) is 0 Å². The van der Waals surface area contributed by atoms with Gasteiger partial charge in [0.05, 0.1) is 0 Å². The van der Waals surface area contributed by atoms with E-state index in [-0.39, 0.29) is 5.91 Å². The highest BCUT2D eigenvalue weighted by Crippen LogP contribution is 2.22. The molecule has 2 fully saturated rings. The van der Waals surface area contributed by atoms with Gasteiger partial charge in [0.15, 0.2) is 11.6 Å².